The van der Waals surface area contributed by atoms with Crippen LogP contribution >= 0.6 is 0 Å². The van der Waals surface area contributed by atoms with Gasteiger partial charge in [0.1, 0.15) is 17.3 Å². The fourth-order valence-corrected chi connectivity index (χ4v) is 3.01. The van der Waals surface area contributed by atoms with Gasteiger partial charge in [0.2, 0.25) is 0 Å². The summed E-state index contributed by atoms with van der Waals surface area (Å²) in [5.41, 5.74) is 3.17. The summed E-state index contributed by atoms with van der Waals surface area (Å²) in [4.78, 5) is 4.72. The van der Waals surface area contributed by atoms with E-state index in [2.05, 4.69) is 36.6 Å². The van der Waals surface area contributed by atoms with Crippen LogP contribution < -0.4 is 20.1 Å². The van der Waals surface area contributed by atoms with Crippen LogP contribution in [0.4, 0.5) is 0 Å². The predicted molar refractivity (Wildman–Crippen MR) is 111 cm³/mol. The first-order valence-electron chi connectivity index (χ1n) is 9.86. The minimum Gasteiger partial charge on any atom is -0.497 e. The van der Waals surface area contributed by atoms with E-state index in [1.165, 1.54) is 0 Å². The van der Waals surface area contributed by atoms with E-state index in [-0.39, 0.29) is 0 Å². The van der Waals surface area contributed by atoms with Crippen LogP contribution in [0.3, 0.4) is 0 Å². The van der Waals surface area contributed by atoms with Gasteiger partial charge in [-0.25, -0.2) is 4.99 Å². The molecule has 0 amide bonds. The van der Waals surface area contributed by atoms with Crippen molar-refractivity contribution in [3.05, 3.63) is 40.8 Å². The summed E-state index contributed by atoms with van der Waals surface area (Å²) in [5, 5.41) is 10.8. The maximum absolute atomic E-state index is 5.45. The SMILES string of the molecule is CCNC(=NCc1c(CC)noc1CC)NCCc1cc(OC)ccc1OC. The monoisotopic (exact) mass is 388 g/mol. The van der Waals surface area contributed by atoms with E-state index in [0.29, 0.717) is 6.54 Å². The van der Waals surface area contributed by atoms with E-state index in [1.807, 2.05) is 18.2 Å². The summed E-state index contributed by atoms with van der Waals surface area (Å²) >= 11 is 0. The van der Waals surface area contributed by atoms with E-state index in [0.717, 1.165) is 72.4 Å². The van der Waals surface area contributed by atoms with Crippen molar-refractivity contribution in [3.63, 3.8) is 0 Å². The lowest BCUT2D eigenvalue weighted by Gasteiger charge is -2.13. The Morgan fingerprint density at radius 2 is 1.93 bits per heavy atom. The smallest absolute Gasteiger partial charge is 0.191 e. The number of methoxy groups -OCH3 is 2. The highest BCUT2D eigenvalue weighted by Crippen LogP contribution is 2.24. The largest absolute Gasteiger partial charge is 0.497 e. The van der Waals surface area contributed by atoms with Crippen molar-refractivity contribution in [2.24, 2.45) is 4.99 Å². The fraction of sp³-hybridized carbons (Fsp3) is 0.524. The molecule has 2 aromatic rings. The van der Waals surface area contributed by atoms with Crippen LogP contribution in [0.25, 0.3) is 0 Å². The van der Waals surface area contributed by atoms with Crippen LogP contribution in [0.2, 0.25) is 0 Å². The Morgan fingerprint density at radius 1 is 1.11 bits per heavy atom. The number of ether oxygens (including phenoxy) is 2. The van der Waals surface area contributed by atoms with Crippen molar-refractivity contribution >= 4 is 5.96 Å². The highest BCUT2D eigenvalue weighted by molar-refractivity contribution is 5.79. The van der Waals surface area contributed by atoms with Gasteiger partial charge < -0.3 is 24.6 Å². The topological polar surface area (TPSA) is 80.9 Å². The molecular formula is C21H32N4O3. The van der Waals surface area contributed by atoms with Crippen molar-refractivity contribution in [2.45, 2.75) is 46.6 Å². The summed E-state index contributed by atoms with van der Waals surface area (Å²) in [6, 6.07) is 5.83. The van der Waals surface area contributed by atoms with Crippen LogP contribution in [-0.4, -0.2) is 38.4 Å². The summed E-state index contributed by atoms with van der Waals surface area (Å²) in [6.07, 6.45) is 2.45. The molecule has 0 unspecified atom stereocenters. The average Bonchev–Trinajstić information content (AvgIpc) is 3.13. The van der Waals surface area contributed by atoms with Crippen LogP contribution in [-0.2, 0) is 25.8 Å². The van der Waals surface area contributed by atoms with Crippen molar-refractivity contribution in [2.75, 3.05) is 27.3 Å². The second-order valence-corrected chi connectivity index (χ2v) is 6.29. The quantitative estimate of drug-likeness (QED) is 0.481. The highest BCUT2D eigenvalue weighted by atomic mass is 16.5. The van der Waals surface area contributed by atoms with E-state index in [9.17, 15) is 0 Å². The van der Waals surface area contributed by atoms with Gasteiger partial charge in [0.15, 0.2) is 5.96 Å². The van der Waals surface area contributed by atoms with E-state index < -0.39 is 0 Å². The molecule has 0 atom stereocenters. The van der Waals surface area contributed by atoms with Gasteiger partial charge in [-0.3, -0.25) is 0 Å². The molecular weight excluding hydrogens is 356 g/mol. The Hall–Kier alpha value is -2.70. The normalized spacial score (nSPS) is 11.4. The Morgan fingerprint density at radius 3 is 2.57 bits per heavy atom. The Labute approximate surface area is 167 Å². The molecule has 2 N–H and O–H groups in total. The molecule has 0 saturated heterocycles. The summed E-state index contributed by atoms with van der Waals surface area (Å²) in [5.74, 6) is 3.37. The van der Waals surface area contributed by atoms with Crippen LogP contribution in [0.1, 0.15) is 43.4 Å². The molecule has 2 rings (SSSR count). The van der Waals surface area contributed by atoms with Crippen molar-refractivity contribution in [3.8, 4) is 11.5 Å². The molecule has 7 nitrogen and oxygen atoms in total. The lowest BCUT2D eigenvalue weighted by atomic mass is 10.1. The third-order valence-corrected chi connectivity index (χ3v) is 4.52. The van der Waals surface area contributed by atoms with Crippen molar-refractivity contribution < 1.29 is 14.0 Å². The molecule has 28 heavy (non-hydrogen) atoms. The summed E-state index contributed by atoms with van der Waals surface area (Å²) in [6.45, 7) is 8.26. The van der Waals surface area contributed by atoms with E-state index in [1.54, 1.807) is 14.2 Å². The average molecular weight is 389 g/mol. The van der Waals surface area contributed by atoms with Gasteiger partial charge in [0, 0.05) is 25.1 Å². The van der Waals surface area contributed by atoms with Gasteiger partial charge in [0.05, 0.1) is 26.5 Å². The van der Waals surface area contributed by atoms with Crippen LogP contribution in [0.5, 0.6) is 11.5 Å². The lowest BCUT2D eigenvalue weighted by Crippen LogP contribution is -2.38. The van der Waals surface area contributed by atoms with Crippen LogP contribution in [0.15, 0.2) is 27.7 Å². The fourth-order valence-electron chi connectivity index (χ4n) is 3.01. The predicted octanol–water partition coefficient (Wildman–Crippen LogP) is 3.11. The lowest BCUT2D eigenvalue weighted by molar-refractivity contribution is 0.380. The number of rotatable bonds is 10. The second-order valence-electron chi connectivity index (χ2n) is 6.29. The molecule has 1 heterocycles. The number of nitrogens with one attached hydrogen (secondary N) is 2. The third-order valence-electron chi connectivity index (χ3n) is 4.52. The molecule has 0 aliphatic carbocycles. The number of hydrogen-bond acceptors (Lipinski definition) is 5. The Kier molecular flexibility index (Phi) is 8.65. The Bertz CT molecular complexity index is 750. The first kappa shape index (κ1) is 21.6. The molecule has 0 aliphatic heterocycles. The molecule has 0 bridgehead atoms. The van der Waals surface area contributed by atoms with E-state index >= 15 is 0 Å². The number of nitrogens with zero attached hydrogens (tertiary/aromatic N) is 2. The van der Waals surface area contributed by atoms with Gasteiger partial charge in [-0.2, -0.15) is 0 Å². The molecule has 0 aliphatic rings. The molecule has 0 spiro atoms. The first-order chi connectivity index (χ1) is 13.7. The zero-order valence-corrected chi connectivity index (χ0v) is 17.6. The van der Waals surface area contributed by atoms with Gasteiger partial charge >= 0.3 is 0 Å². The highest BCUT2D eigenvalue weighted by Gasteiger charge is 2.13. The molecule has 7 heteroatoms. The minimum atomic E-state index is 0.549. The van der Waals surface area contributed by atoms with Crippen LogP contribution in [0, 0.1) is 0 Å². The van der Waals surface area contributed by atoms with Crippen molar-refractivity contribution in [1.29, 1.82) is 0 Å². The van der Waals surface area contributed by atoms with Gasteiger partial charge in [-0.15, -0.1) is 0 Å². The zero-order chi connectivity index (χ0) is 20.4. The molecule has 0 fully saturated rings. The number of aryl methyl sites for hydroxylation is 2. The number of benzene rings is 1. The second kappa shape index (κ2) is 11.2. The van der Waals surface area contributed by atoms with Crippen molar-refractivity contribution in [1.82, 2.24) is 15.8 Å². The first-order valence-corrected chi connectivity index (χ1v) is 9.86. The molecule has 0 radical (unpaired) electrons. The summed E-state index contributed by atoms with van der Waals surface area (Å²) < 4.78 is 16.2. The standard InChI is InChI=1S/C21H32N4O3/c1-6-18-17(19(7-2)28-25-18)14-24-21(22-8-3)23-12-11-15-13-16(26-4)9-10-20(15)27-5/h9-10,13H,6-8,11-12,14H2,1-5H3,(H2,22,23,24). The molecule has 0 saturated carbocycles. The number of hydrogen-bond donors (Lipinski definition) is 2. The Balaban J connectivity index is 2.03. The molecule has 154 valence electrons. The number of aliphatic imine (C=N–C) groups is 1. The maximum Gasteiger partial charge on any atom is 0.191 e. The van der Waals surface area contributed by atoms with E-state index in [4.69, 9.17) is 19.0 Å². The minimum absolute atomic E-state index is 0.549. The van der Waals surface area contributed by atoms with Gasteiger partial charge in [-0.05, 0) is 43.5 Å². The third kappa shape index (κ3) is 5.65. The van der Waals surface area contributed by atoms with Gasteiger partial charge in [0.25, 0.3) is 0 Å². The molecule has 1 aromatic heterocycles. The maximum atomic E-state index is 5.45. The van der Waals surface area contributed by atoms with Gasteiger partial charge in [-0.1, -0.05) is 19.0 Å². The summed E-state index contributed by atoms with van der Waals surface area (Å²) in [7, 11) is 3.35. The molecule has 1 aromatic carbocycles. The number of guanidine groups is 1. The number of aromatic nitrogens is 1. The zero-order valence-electron chi connectivity index (χ0n) is 17.6.